The lowest BCUT2D eigenvalue weighted by atomic mass is 9.89. The van der Waals surface area contributed by atoms with Gasteiger partial charge in [-0.05, 0) is 54.0 Å². The highest BCUT2D eigenvalue weighted by Crippen LogP contribution is 2.33. The Bertz CT molecular complexity index is 513. The van der Waals surface area contributed by atoms with Crippen molar-refractivity contribution in [2.45, 2.75) is 50.3 Å². The van der Waals surface area contributed by atoms with Gasteiger partial charge in [-0.15, -0.1) is 12.4 Å². The summed E-state index contributed by atoms with van der Waals surface area (Å²) < 4.78 is 5.84. The summed E-state index contributed by atoms with van der Waals surface area (Å²) >= 11 is 1.69. The molecule has 0 radical (unpaired) electrons. The molecule has 2 bridgehead atoms. The molecule has 6 heteroatoms. The molecular formula is C17H25ClN2O2S. The van der Waals surface area contributed by atoms with Crippen LogP contribution >= 0.6 is 23.7 Å². The fourth-order valence-electron chi connectivity index (χ4n) is 4.25. The topological polar surface area (TPSA) is 41.6 Å². The van der Waals surface area contributed by atoms with Crippen molar-refractivity contribution < 1.29 is 9.53 Å². The molecule has 1 N–H and O–H groups in total. The van der Waals surface area contributed by atoms with Gasteiger partial charge in [0.1, 0.15) is 6.10 Å². The Morgan fingerprint density at radius 3 is 2.83 bits per heavy atom. The van der Waals surface area contributed by atoms with Gasteiger partial charge in [-0.25, -0.2) is 0 Å². The van der Waals surface area contributed by atoms with Crippen molar-refractivity contribution >= 4 is 29.7 Å². The molecule has 128 valence electrons. The summed E-state index contributed by atoms with van der Waals surface area (Å²) in [5.41, 5.74) is 1.21. The highest BCUT2D eigenvalue weighted by molar-refractivity contribution is 7.07. The lowest BCUT2D eigenvalue weighted by Gasteiger charge is -2.35. The molecule has 3 atom stereocenters. The number of hydrogen-bond donors (Lipinski definition) is 1. The van der Waals surface area contributed by atoms with Crippen molar-refractivity contribution in [2.24, 2.45) is 5.92 Å². The van der Waals surface area contributed by atoms with E-state index in [4.69, 9.17) is 4.74 Å². The molecule has 23 heavy (non-hydrogen) atoms. The number of halogens is 1. The van der Waals surface area contributed by atoms with Crippen LogP contribution in [0.3, 0.4) is 0 Å². The van der Waals surface area contributed by atoms with E-state index in [0.717, 1.165) is 13.0 Å². The molecule has 0 spiro atoms. The third-order valence-corrected chi connectivity index (χ3v) is 6.07. The van der Waals surface area contributed by atoms with Crippen LogP contribution in [0.4, 0.5) is 0 Å². The standard InChI is InChI=1S/C17H24N2O2S.ClH/c20-17(9-12-7-14-1-2-15(8-12)18-14)19-4-5-21-16(10-19)13-3-6-22-11-13;/h3,6,11-12,14-16,18H,1-2,4-5,7-10H2;1H. The highest BCUT2D eigenvalue weighted by Gasteiger charge is 2.35. The Kier molecular flexibility index (Phi) is 5.62. The monoisotopic (exact) mass is 356 g/mol. The molecule has 0 aliphatic carbocycles. The number of carbonyl (C=O) groups excluding carboxylic acids is 1. The number of nitrogens with zero attached hydrogens (tertiary/aromatic N) is 1. The minimum absolute atomic E-state index is 0. The zero-order valence-corrected chi connectivity index (χ0v) is 14.9. The zero-order valence-electron chi connectivity index (χ0n) is 13.3. The highest BCUT2D eigenvalue weighted by atomic mass is 35.5. The van der Waals surface area contributed by atoms with Gasteiger partial charge < -0.3 is 15.0 Å². The van der Waals surface area contributed by atoms with Crippen LogP contribution in [0, 0.1) is 5.92 Å². The number of piperidine rings is 1. The predicted molar refractivity (Wildman–Crippen MR) is 94.1 cm³/mol. The van der Waals surface area contributed by atoms with Crippen LogP contribution in [-0.2, 0) is 9.53 Å². The van der Waals surface area contributed by atoms with E-state index in [-0.39, 0.29) is 18.5 Å². The van der Waals surface area contributed by atoms with Gasteiger partial charge in [0.25, 0.3) is 0 Å². The summed E-state index contributed by atoms with van der Waals surface area (Å²) in [6.45, 7) is 2.12. The number of morpholine rings is 1. The molecule has 1 aromatic heterocycles. The van der Waals surface area contributed by atoms with Crippen LogP contribution in [0.25, 0.3) is 0 Å². The van der Waals surface area contributed by atoms with E-state index >= 15 is 0 Å². The number of hydrogen-bond acceptors (Lipinski definition) is 4. The van der Waals surface area contributed by atoms with E-state index < -0.39 is 0 Å². The molecule has 4 heterocycles. The average molecular weight is 357 g/mol. The molecule has 1 aromatic rings. The third-order valence-electron chi connectivity index (χ3n) is 5.37. The Morgan fingerprint density at radius 2 is 2.13 bits per heavy atom. The van der Waals surface area contributed by atoms with Crippen molar-refractivity contribution in [1.82, 2.24) is 10.2 Å². The summed E-state index contributed by atoms with van der Waals surface area (Å²) in [5.74, 6) is 0.906. The van der Waals surface area contributed by atoms with Crippen LogP contribution < -0.4 is 5.32 Å². The van der Waals surface area contributed by atoms with E-state index in [1.807, 2.05) is 4.90 Å². The summed E-state index contributed by atoms with van der Waals surface area (Å²) in [6, 6.07) is 3.44. The maximum absolute atomic E-state index is 12.7. The fourth-order valence-corrected chi connectivity index (χ4v) is 4.96. The van der Waals surface area contributed by atoms with E-state index in [0.29, 0.717) is 37.1 Å². The number of nitrogens with one attached hydrogen (secondary N) is 1. The summed E-state index contributed by atoms with van der Waals surface area (Å²) in [5, 5.41) is 7.86. The van der Waals surface area contributed by atoms with Gasteiger partial charge >= 0.3 is 0 Å². The quantitative estimate of drug-likeness (QED) is 0.905. The van der Waals surface area contributed by atoms with E-state index in [1.165, 1.54) is 31.2 Å². The Labute approximate surface area is 148 Å². The first-order valence-electron chi connectivity index (χ1n) is 8.45. The first-order chi connectivity index (χ1) is 10.8. The van der Waals surface area contributed by atoms with Gasteiger partial charge in [0, 0.05) is 25.0 Å². The second kappa shape index (κ2) is 7.51. The third kappa shape index (κ3) is 3.90. The summed E-state index contributed by atoms with van der Waals surface area (Å²) in [6.07, 6.45) is 5.75. The molecular weight excluding hydrogens is 332 g/mol. The number of amides is 1. The summed E-state index contributed by atoms with van der Waals surface area (Å²) in [7, 11) is 0. The molecule has 3 aliphatic rings. The predicted octanol–water partition coefficient (Wildman–Crippen LogP) is 2.99. The SMILES string of the molecule is Cl.O=C(CC1CC2CCC(C1)N2)N1CCOC(c2ccsc2)C1. The molecule has 4 rings (SSSR count). The van der Waals surface area contributed by atoms with Gasteiger partial charge in [0.2, 0.25) is 5.91 Å². The van der Waals surface area contributed by atoms with Gasteiger partial charge in [0.15, 0.2) is 0 Å². The second-order valence-corrected chi connectivity index (χ2v) is 7.72. The van der Waals surface area contributed by atoms with Gasteiger partial charge in [0.05, 0.1) is 13.2 Å². The number of thiophene rings is 1. The zero-order chi connectivity index (χ0) is 14.9. The molecule has 3 fully saturated rings. The Morgan fingerprint density at radius 1 is 1.35 bits per heavy atom. The van der Waals surface area contributed by atoms with Gasteiger partial charge in [-0.3, -0.25) is 4.79 Å². The first kappa shape index (κ1) is 17.2. The maximum Gasteiger partial charge on any atom is 0.223 e. The number of fused-ring (bicyclic) bond motifs is 2. The molecule has 0 saturated carbocycles. The lowest BCUT2D eigenvalue weighted by molar-refractivity contribution is -0.140. The van der Waals surface area contributed by atoms with Crippen molar-refractivity contribution in [3.05, 3.63) is 22.4 Å². The minimum Gasteiger partial charge on any atom is -0.370 e. The second-order valence-electron chi connectivity index (χ2n) is 6.94. The van der Waals surface area contributed by atoms with Crippen LogP contribution in [0.1, 0.15) is 43.8 Å². The summed E-state index contributed by atoms with van der Waals surface area (Å²) in [4.78, 5) is 14.7. The Balaban J connectivity index is 0.00000156. The number of rotatable bonds is 3. The molecule has 0 aromatic carbocycles. The van der Waals surface area contributed by atoms with Crippen molar-refractivity contribution in [3.8, 4) is 0 Å². The minimum atomic E-state index is 0. The maximum atomic E-state index is 12.7. The van der Waals surface area contributed by atoms with Crippen LogP contribution in [0.5, 0.6) is 0 Å². The smallest absolute Gasteiger partial charge is 0.223 e. The van der Waals surface area contributed by atoms with Gasteiger partial charge in [-0.1, -0.05) is 0 Å². The Hall–Kier alpha value is -0.620. The molecule has 3 unspecified atom stereocenters. The fraction of sp³-hybridized carbons (Fsp3) is 0.706. The largest absolute Gasteiger partial charge is 0.370 e. The number of carbonyl (C=O) groups is 1. The first-order valence-corrected chi connectivity index (χ1v) is 9.40. The normalized spacial score (nSPS) is 33.3. The molecule has 3 saturated heterocycles. The lowest BCUT2D eigenvalue weighted by Crippen LogP contribution is -2.44. The van der Waals surface area contributed by atoms with Crippen molar-refractivity contribution in [1.29, 1.82) is 0 Å². The molecule has 3 aliphatic heterocycles. The van der Waals surface area contributed by atoms with Crippen molar-refractivity contribution in [2.75, 3.05) is 19.7 Å². The molecule has 1 amide bonds. The van der Waals surface area contributed by atoms with Crippen LogP contribution in [0.2, 0.25) is 0 Å². The van der Waals surface area contributed by atoms with Crippen LogP contribution in [0.15, 0.2) is 16.8 Å². The van der Waals surface area contributed by atoms with E-state index in [9.17, 15) is 4.79 Å². The van der Waals surface area contributed by atoms with E-state index in [1.54, 1.807) is 11.3 Å². The van der Waals surface area contributed by atoms with Crippen molar-refractivity contribution in [3.63, 3.8) is 0 Å². The number of ether oxygens (including phenoxy) is 1. The van der Waals surface area contributed by atoms with Gasteiger partial charge in [-0.2, -0.15) is 11.3 Å². The van der Waals surface area contributed by atoms with E-state index in [2.05, 4.69) is 22.1 Å². The average Bonchev–Trinajstić information content (AvgIpc) is 3.17. The van der Waals surface area contributed by atoms with Crippen LogP contribution in [-0.4, -0.2) is 42.6 Å². The molecule has 4 nitrogen and oxygen atoms in total.